The summed E-state index contributed by atoms with van der Waals surface area (Å²) in [4.78, 5) is 37.2. The molecule has 1 N–H and O–H groups in total. The van der Waals surface area contributed by atoms with Crippen molar-refractivity contribution in [2.24, 2.45) is 0 Å². The molecule has 11 heteroatoms. The Balaban J connectivity index is 1.60. The first-order valence-electron chi connectivity index (χ1n) is 8.01. The number of alkyl halides is 3. The number of hydrogen-bond acceptors (Lipinski definition) is 5. The minimum absolute atomic E-state index is 0.0158. The van der Waals surface area contributed by atoms with E-state index in [2.05, 4.69) is 15.6 Å². The van der Waals surface area contributed by atoms with Gasteiger partial charge in [0.05, 0.1) is 6.20 Å². The number of nitrogens with one attached hydrogen (secondary N) is 1. The van der Waals surface area contributed by atoms with Crippen LogP contribution in [-0.4, -0.2) is 43.7 Å². The van der Waals surface area contributed by atoms with Gasteiger partial charge in [0.25, 0.3) is 5.91 Å². The van der Waals surface area contributed by atoms with Crippen LogP contribution < -0.4 is 5.32 Å². The fourth-order valence-corrected chi connectivity index (χ4v) is 3.25. The Hall–Kier alpha value is -3.24. The van der Waals surface area contributed by atoms with E-state index in [9.17, 15) is 27.6 Å². The number of halogens is 3. The normalized spacial score (nSPS) is 20.0. The molecule has 1 atom stereocenters. The molecule has 1 aromatic carbocycles. The van der Waals surface area contributed by atoms with Gasteiger partial charge in [0.2, 0.25) is 11.8 Å². The maximum Gasteiger partial charge on any atom is 0.505 e. The van der Waals surface area contributed by atoms with E-state index in [1.807, 2.05) is 0 Å². The number of carbonyl (C=O) groups excluding carboxylic acids is 3. The highest BCUT2D eigenvalue weighted by molar-refractivity contribution is 6.05. The van der Waals surface area contributed by atoms with Gasteiger partial charge < -0.3 is 4.90 Å². The zero-order valence-corrected chi connectivity index (χ0v) is 13.7. The van der Waals surface area contributed by atoms with Crippen LogP contribution in [0.1, 0.15) is 28.8 Å². The minimum atomic E-state index is -4.67. The van der Waals surface area contributed by atoms with Crippen LogP contribution >= 0.6 is 0 Å². The van der Waals surface area contributed by atoms with Crippen molar-refractivity contribution in [3.05, 3.63) is 35.5 Å². The minimum Gasteiger partial charge on any atom is -0.322 e. The Morgan fingerprint density at radius 2 is 1.96 bits per heavy atom. The van der Waals surface area contributed by atoms with E-state index in [-0.39, 0.29) is 41.6 Å². The van der Waals surface area contributed by atoms with E-state index in [1.165, 1.54) is 17.0 Å². The van der Waals surface area contributed by atoms with Gasteiger partial charge in [-0.15, -0.1) is 18.3 Å². The van der Waals surface area contributed by atoms with E-state index in [0.29, 0.717) is 16.7 Å². The molecule has 4 rings (SSSR count). The van der Waals surface area contributed by atoms with Crippen molar-refractivity contribution in [3.63, 3.8) is 0 Å². The molecule has 3 amide bonds. The monoisotopic (exact) mass is 379 g/mol. The van der Waals surface area contributed by atoms with Crippen molar-refractivity contribution in [2.75, 3.05) is 0 Å². The Morgan fingerprint density at radius 1 is 1.19 bits per heavy atom. The van der Waals surface area contributed by atoms with Crippen LogP contribution in [0.15, 0.2) is 24.4 Å². The summed E-state index contributed by atoms with van der Waals surface area (Å²) >= 11 is 0. The highest BCUT2D eigenvalue weighted by Crippen LogP contribution is 2.31. The van der Waals surface area contributed by atoms with Gasteiger partial charge in [0.15, 0.2) is 0 Å². The standard InChI is InChI=1S/C16H12F3N5O3/c17-16(18,19)24-7-11(21-22-24)8-1-2-10-9(5-8)6-23(15(10)27)12-3-4-13(25)20-14(12)26/h1-2,5,7,12H,3-4,6H2,(H,20,25,26). The van der Waals surface area contributed by atoms with Crippen molar-refractivity contribution in [1.29, 1.82) is 0 Å². The van der Waals surface area contributed by atoms with Crippen molar-refractivity contribution < 1.29 is 27.6 Å². The topological polar surface area (TPSA) is 97.2 Å². The van der Waals surface area contributed by atoms with Crippen LogP contribution in [0.3, 0.4) is 0 Å². The van der Waals surface area contributed by atoms with E-state index in [0.717, 1.165) is 6.20 Å². The summed E-state index contributed by atoms with van der Waals surface area (Å²) in [6.07, 6.45) is -3.53. The second-order valence-corrected chi connectivity index (χ2v) is 6.29. The lowest BCUT2D eigenvalue weighted by Gasteiger charge is -2.29. The first kappa shape index (κ1) is 17.2. The molecule has 1 unspecified atom stereocenters. The lowest BCUT2D eigenvalue weighted by molar-refractivity contribution is -0.213. The molecule has 140 valence electrons. The number of imide groups is 1. The molecule has 0 saturated carbocycles. The Morgan fingerprint density at radius 3 is 2.63 bits per heavy atom. The van der Waals surface area contributed by atoms with Gasteiger partial charge in [-0.1, -0.05) is 11.3 Å². The number of fused-ring (bicyclic) bond motifs is 1. The van der Waals surface area contributed by atoms with Crippen LogP contribution in [0.25, 0.3) is 11.3 Å². The van der Waals surface area contributed by atoms with Crippen molar-refractivity contribution in [1.82, 2.24) is 25.2 Å². The van der Waals surface area contributed by atoms with E-state index < -0.39 is 18.2 Å². The third-order valence-corrected chi connectivity index (χ3v) is 4.57. The van der Waals surface area contributed by atoms with Crippen molar-refractivity contribution >= 4 is 17.7 Å². The van der Waals surface area contributed by atoms with Gasteiger partial charge in [-0.2, -0.15) is 4.68 Å². The summed E-state index contributed by atoms with van der Waals surface area (Å²) in [6.45, 7) is 0.127. The molecule has 1 fully saturated rings. The Bertz CT molecular complexity index is 968. The number of benzene rings is 1. The Labute approximate surface area is 149 Å². The highest BCUT2D eigenvalue weighted by atomic mass is 19.4. The molecule has 0 spiro atoms. The molecule has 2 aliphatic rings. The second-order valence-electron chi connectivity index (χ2n) is 6.29. The number of hydrogen-bond donors (Lipinski definition) is 1. The quantitative estimate of drug-likeness (QED) is 0.791. The van der Waals surface area contributed by atoms with Gasteiger partial charge in [0, 0.05) is 24.1 Å². The summed E-state index contributed by atoms with van der Waals surface area (Å²) in [7, 11) is 0. The van der Waals surface area contributed by atoms with Crippen LogP contribution in [0, 0.1) is 0 Å². The predicted molar refractivity (Wildman–Crippen MR) is 82.8 cm³/mol. The molecule has 0 radical (unpaired) electrons. The third kappa shape index (κ3) is 2.94. The van der Waals surface area contributed by atoms with Crippen LogP contribution in [-0.2, 0) is 22.4 Å². The average molecular weight is 379 g/mol. The molecular formula is C16H12F3N5O3. The molecule has 2 aromatic rings. The SMILES string of the molecule is O=C1CCC(N2Cc3cc(-c4cn(C(F)(F)F)nn4)ccc3C2=O)C(=O)N1. The molecule has 0 aliphatic carbocycles. The summed E-state index contributed by atoms with van der Waals surface area (Å²) in [5.74, 6) is -1.26. The first-order chi connectivity index (χ1) is 12.7. The van der Waals surface area contributed by atoms with Gasteiger partial charge >= 0.3 is 6.30 Å². The smallest absolute Gasteiger partial charge is 0.322 e. The predicted octanol–water partition coefficient (Wildman–Crippen LogP) is 1.18. The second kappa shape index (κ2) is 5.89. The highest BCUT2D eigenvalue weighted by Gasteiger charge is 2.39. The number of aromatic nitrogens is 3. The van der Waals surface area contributed by atoms with Gasteiger partial charge in [-0.25, -0.2) is 0 Å². The number of piperidine rings is 1. The summed E-state index contributed by atoms with van der Waals surface area (Å²) in [6, 6.07) is 3.78. The van der Waals surface area contributed by atoms with E-state index in [1.54, 1.807) is 6.07 Å². The maximum atomic E-state index is 12.7. The average Bonchev–Trinajstić information content (AvgIpc) is 3.20. The van der Waals surface area contributed by atoms with Crippen LogP contribution in [0.2, 0.25) is 0 Å². The van der Waals surface area contributed by atoms with Gasteiger partial charge in [-0.05, 0) is 24.1 Å². The third-order valence-electron chi connectivity index (χ3n) is 4.57. The molecular weight excluding hydrogens is 367 g/mol. The zero-order chi connectivity index (χ0) is 19.3. The van der Waals surface area contributed by atoms with Crippen molar-refractivity contribution in [3.8, 4) is 11.3 Å². The van der Waals surface area contributed by atoms with Crippen LogP contribution in [0.5, 0.6) is 0 Å². The summed E-state index contributed by atoms with van der Waals surface area (Å²) in [5, 5.41) is 8.79. The number of rotatable bonds is 2. The molecule has 1 aromatic heterocycles. The summed E-state index contributed by atoms with van der Waals surface area (Å²) < 4.78 is 37.8. The molecule has 27 heavy (non-hydrogen) atoms. The number of carbonyl (C=O) groups is 3. The fraction of sp³-hybridized carbons (Fsp3) is 0.312. The molecule has 3 heterocycles. The van der Waals surface area contributed by atoms with Crippen molar-refractivity contribution in [2.45, 2.75) is 31.7 Å². The fourth-order valence-electron chi connectivity index (χ4n) is 3.25. The lowest BCUT2D eigenvalue weighted by Crippen LogP contribution is -2.52. The summed E-state index contributed by atoms with van der Waals surface area (Å²) in [5.41, 5.74) is 1.33. The molecule has 8 nitrogen and oxygen atoms in total. The van der Waals surface area contributed by atoms with E-state index >= 15 is 0 Å². The zero-order valence-electron chi connectivity index (χ0n) is 13.7. The first-order valence-corrected chi connectivity index (χ1v) is 8.01. The molecule has 1 saturated heterocycles. The number of amides is 3. The number of nitrogens with zero attached hydrogens (tertiary/aromatic N) is 4. The van der Waals surface area contributed by atoms with Gasteiger partial charge in [0.1, 0.15) is 11.7 Å². The van der Waals surface area contributed by atoms with Gasteiger partial charge in [-0.3, -0.25) is 19.7 Å². The molecule has 2 aliphatic heterocycles. The Kier molecular flexibility index (Phi) is 3.75. The lowest BCUT2D eigenvalue weighted by atomic mass is 10.0. The maximum absolute atomic E-state index is 12.7. The molecule has 0 bridgehead atoms. The van der Waals surface area contributed by atoms with Crippen LogP contribution in [0.4, 0.5) is 13.2 Å². The van der Waals surface area contributed by atoms with E-state index in [4.69, 9.17) is 0 Å². The largest absolute Gasteiger partial charge is 0.505 e.